The average Bonchev–Trinajstić information content (AvgIpc) is 2.90. The summed E-state index contributed by atoms with van der Waals surface area (Å²) in [6, 6.07) is 5.66. The number of ether oxygens (including phenoxy) is 1. The quantitative estimate of drug-likeness (QED) is 0.429. The first-order valence-electron chi connectivity index (χ1n) is 9.65. The number of rotatable bonds is 3. The maximum Gasteiger partial charge on any atom is 0.416 e. The molecule has 0 aliphatic rings. The second-order valence-corrected chi connectivity index (χ2v) is 8.36. The van der Waals surface area contributed by atoms with Crippen LogP contribution in [0, 0.1) is 12.7 Å². The van der Waals surface area contributed by atoms with E-state index in [2.05, 4.69) is 0 Å². The van der Waals surface area contributed by atoms with E-state index in [4.69, 9.17) is 4.74 Å². The number of carbonyl (C=O) groups is 2. The fourth-order valence-corrected chi connectivity index (χ4v) is 3.43. The van der Waals surface area contributed by atoms with E-state index >= 15 is 0 Å². The van der Waals surface area contributed by atoms with E-state index in [0.717, 1.165) is 41.0 Å². The van der Waals surface area contributed by atoms with Crippen LogP contribution in [0.4, 0.5) is 17.6 Å². The van der Waals surface area contributed by atoms with Crippen LogP contribution in [0.15, 0.2) is 36.4 Å². The summed E-state index contributed by atoms with van der Waals surface area (Å²) in [5.41, 5.74) is -1.04. The van der Waals surface area contributed by atoms with Gasteiger partial charge in [0.15, 0.2) is 11.6 Å². The second kappa shape index (κ2) is 7.96. The Bertz CT molecular complexity index is 1200. The molecule has 1 N–H and O–H groups in total. The minimum atomic E-state index is -4.56. The SMILES string of the molecule is Cc1c(CC(=O)OC(C)(C)C)c2cc(O)c(F)cc2n1C(=O)c1ccc(C(F)(F)F)cc1. The Morgan fingerprint density at radius 3 is 2.19 bits per heavy atom. The number of phenolic OH excluding ortho intramolecular Hbond substituents is 1. The Balaban J connectivity index is 2.12. The molecule has 0 spiro atoms. The van der Waals surface area contributed by atoms with Crippen LogP contribution >= 0.6 is 0 Å². The number of fused-ring (bicyclic) bond motifs is 1. The maximum absolute atomic E-state index is 14.1. The van der Waals surface area contributed by atoms with Gasteiger partial charge in [0, 0.05) is 22.7 Å². The highest BCUT2D eigenvalue weighted by Gasteiger charge is 2.31. The molecular formula is C23H21F4NO4. The monoisotopic (exact) mass is 451 g/mol. The lowest BCUT2D eigenvalue weighted by Gasteiger charge is -2.19. The lowest BCUT2D eigenvalue weighted by Crippen LogP contribution is -2.25. The molecule has 0 aliphatic heterocycles. The highest BCUT2D eigenvalue weighted by molar-refractivity contribution is 6.05. The molecule has 1 aromatic heterocycles. The number of halogens is 4. The molecule has 0 fully saturated rings. The molecule has 0 saturated heterocycles. The first-order valence-corrected chi connectivity index (χ1v) is 9.65. The molecule has 3 rings (SSSR count). The second-order valence-electron chi connectivity index (χ2n) is 8.36. The maximum atomic E-state index is 14.1. The fraction of sp³-hybridized carbons (Fsp3) is 0.304. The number of esters is 1. The summed E-state index contributed by atoms with van der Waals surface area (Å²) in [6.07, 6.45) is -4.81. The molecular weight excluding hydrogens is 430 g/mol. The smallest absolute Gasteiger partial charge is 0.416 e. The van der Waals surface area contributed by atoms with Crippen LogP contribution in [0.3, 0.4) is 0 Å². The molecule has 32 heavy (non-hydrogen) atoms. The van der Waals surface area contributed by atoms with Crippen molar-refractivity contribution in [2.75, 3.05) is 0 Å². The van der Waals surface area contributed by atoms with Gasteiger partial charge in [-0.25, -0.2) is 4.39 Å². The van der Waals surface area contributed by atoms with E-state index in [1.807, 2.05) is 0 Å². The van der Waals surface area contributed by atoms with Crippen LogP contribution in [-0.4, -0.2) is 27.2 Å². The fourth-order valence-electron chi connectivity index (χ4n) is 3.43. The molecule has 1 heterocycles. The Kier molecular flexibility index (Phi) is 5.80. The van der Waals surface area contributed by atoms with Gasteiger partial charge < -0.3 is 9.84 Å². The zero-order valence-corrected chi connectivity index (χ0v) is 17.8. The van der Waals surface area contributed by atoms with Gasteiger partial charge in [0.25, 0.3) is 5.91 Å². The topological polar surface area (TPSA) is 68.5 Å². The van der Waals surface area contributed by atoms with Crippen molar-refractivity contribution >= 4 is 22.8 Å². The predicted octanol–water partition coefficient (Wildman–Crippen LogP) is 5.39. The number of alkyl halides is 3. The van der Waals surface area contributed by atoms with E-state index in [1.165, 1.54) is 6.92 Å². The van der Waals surface area contributed by atoms with E-state index in [0.29, 0.717) is 5.56 Å². The van der Waals surface area contributed by atoms with E-state index in [9.17, 15) is 32.3 Å². The minimum Gasteiger partial charge on any atom is -0.505 e. The Morgan fingerprint density at radius 2 is 1.66 bits per heavy atom. The lowest BCUT2D eigenvalue weighted by atomic mass is 10.1. The van der Waals surface area contributed by atoms with Crippen molar-refractivity contribution in [1.82, 2.24) is 4.57 Å². The Morgan fingerprint density at radius 1 is 1.06 bits per heavy atom. The first-order chi connectivity index (χ1) is 14.7. The van der Waals surface area contributed by atoms with Crippen LogP contribution in [-0.2, 0) is 22.1 Å². The first kappa shape index (κ1) is 23.3. The van der Waals surface area contributed by atoms with Crippen molar-refractivity contribution in [3.8, 4) is 5.75 Å². The highest BCUT2D eigenvalue weighted by atomic mass is 19.4. The molecule has 0 aliphatic carbocycles. The molecule has 0 unspecified atom stereocenters. The molecule has 5 nitrogen and oxygen atoms in total. The van der Waals surface area contributed by atoms with Crippen LogP contribution in [0.1, 0.15) is 48.0 Å². The van der Waals surface area contributed by atoms with Gasteiger partial charge in [0.2, 0.25) is 0 Å². The third kappa shape index (κ3) is 4.61. The minimum absolute atomic E-state index is 0.0599. The molecule has 170 valence electrons. The molecule has 9 heteroatoms. The summed E-state index contributed by atoms with van der Waals surface area (Å²) in [5.74, 6) is -2.95. The van der Waals surface area contributed by atoms with Crippen molar-refractivity contribution < 1.29 is 37.0 Å². The zero-order valence-electron chi connectivity index (χ0n) is 17.8. The van der Waals surface area contributed by atoms with Crippen molar-refractivity contribution in [3.05, 3.63) is 64.6 Å². The summed E-state index contributed by atoms with van der Waals surface area (Å²) in [6.45, 7) is 6.60. The number of aromatic hydroxyl groups is 1. The average molecular weight is 451 g/mol. The number of phenols is 1. The van der Waals surface area contributed by atoms with Gasteiger partial charge in [-0.2, -0.15) is 13.2 Å². The largest absolute Gasteiger partial charge is 0.505 e. The number of carbonyl (C=O) groups excluding carboxylic acids is 2. The lowest BCUT2D eigenvalue weighted by molar-refractivity contribution is -0.153. The number of nitrogens with zero attached hydrogens (tertiary/aromatic N) is 1. The van der Waals surface area contributed by atoms with Crippen molar-refractivity contribution in [3.63, 3.8) is 0 Å². The predicted molar refractivity (Wildman–Crippen MR) is 109 cm³/mol. The Labute approximate surface area is 181 Å². The van der Waals surface area contributed by atoms with Gasteiger partial charge in [-0.1, -0.05) is 0 Å². The molecule has 0 saturated carbocycles. The Hall–Kier alpha value is -3.36. The van der Waals surface area contributed by atoms with Crippen LogP contribution in [0.5, 0.6) is 5.75 Å². The molecule has 0 bridgehead atoms. The van der Waals surface area contributed by atoms with E-state index in [-0.39, 0.29) is 28.6 Å². The van der Waals surface area contributed by atoms with Gasteiger partial charge in [-0.05, 0) is 63.6 Å². The third-order valence-corrected chi connectivity index (χ3v) is 4.81. The summed E-state index contributed by atoms with van der Waals surface area (Å²) < 4.78 is 59.1. The van der Waals surface area contributed by atoms with Crippen LogP contribution in [0.2, 0.25) is 0 Å². The molecule has 3 aromatic rings. The number of hydrogen-bond donors (Lipinski definition) is 1. The van der Waals surface area contributed by atoms with Gasteiger partial charge in [-0.15, -0.1) is 0 Å². The molecule has 0 amide bonds. The van der Waals surface area contributed by atoms with Crippen molar-refractivity contribution in [1.29, 1.82) is 0 Å². The normalized spacial score (nSPS) is 12.2. The van der Waals surface area contributed by atoms with Gasteiger partial charge in [0.05, 0.1) is 17.5 Å². The summed E-state index contributed by atoms with van der Waals surface area (Å²) in [5, 5.41) is 10.1. The molecule has 0 radical (unpaired) electrons. The van der Waals surface area contributed by atoms with Gasteiger partial charge in [-0.3, -0.25) is 14.2 Å². The zero-order chi connectivity index (χ0) is 24.0. The van der Waals surface area contributed by atoms with Gasteiger partial charge in [0.1, 0.15) is 5.60 Å². The highest BCUT2D eigenvalue weighted by Crippen LogP contribution is 2.33. The number of hydrogen-bond acceptors (Lipinski definition) is 4. The van der Waals surface area contributed by atoms with Gasteiger partial charge >= 0.3 is 12.1 Å². The standard InChI is InChI=1S/C23H21F4NO4/c1-12-15(10-20(30)32-22(2,3)4)16-9-19(29)17(24)11-18(16)28(12)21(31)13-5-7-14(8-6-13)23(25,26)27/h5-9,11,29H,10H2,1-4H3. The summed E-state index contributed by atoms with van der Waals surface area (Å²) >= 11 is 0. The van der Waals surface area contributed by atoms with Crippen molar-refractivity contribution in [2.24, 2.45) is 0 Å². The molecule has 2 aromatic carbocycles. The number of aromatic nitrogens is 1. The summed E-state index contributed by atoms with van der Waals surface area (Å²) in [7, 11) is 0. The van der Waals surface area contributed by atoms with Crippen molar-refractivity contribution in [2.45, 2.75) is 45.9 Å². The van der Waals surface area contributed by atoms with E-state index in [1.54, 1.807) is 20.8 Å². The van der Waals surface area contributed by atoms with Crippen LogP contribution < -0.4 is 0 Å². The molecule has 0 atom stereocenters. The van der Waals surface area contributed by atoms with E-state index < -0.39 is 40.8 Å². The van der Waals surface area contributed by atoms with Crippen LogP contribution in [0.25, 0.3) is 10.9 Å². The number of benzene rings is 2. The summed E-state index contributed by atoms with van der Waals surface area (Å²) in [4.78, 5) is 25.5. The third-order valence-electron chi connectivity index (χ3n) is 4.81.